The van der Waals surface area contributed by atoms with Gasteiger partial charge in [0.05, 0.1) is 10.6 Å². The van der Waals surface area contributed by atoms with Gasteiger partial charge >= 0.3 is 0 Å². The standard InChI is InChI=1S/C18H15NOS/c1-12-7-9-14(10-8-12)17(20)15-11-16(21-18(15)19)13-5-3-2-4-6-13/h2-11H,19H2,1H3. The molecular formula is C18H15NOS. The number of hydrogen-bond acceptors (Lipinski definition) is 3. The fourth-order valence-corrected chi connectivity index (χ4v) is 3.12. The van der Waals surface area contributed by atoms with Crippen molar-refractivity contribution in [2.24, 2.45) is 0 Å². The van der Waals surface area contributed by atoms with E-state index in [1.807, 2.05) is 67.6 Å². The monoisotopic (exact) mass is 293 g/mol. The second-order valence-electron chi connectivity index (χ2n) is 4.95. The maximum Gasteiger partial charge on any atom is 0.195 e. The Hall–Kier alpha value is -2.39. The average Bonchev–Trinajstić information content (AvgIpc) is 2.90. The Kier molecular flexibility index (Phi) is 3.59. The zero-order valence-electron chi connectivity index (χ0n) is 11.7. The molecule has 0 aliphatic rings. The number of carbonyl (C=O) groups is 1. The van der Waals surface area contributed by atoms with Gasteiger partial charge in [0.2, 0.25) is 0 Å². The Labute approximate surface area is 127 Å². The number of thiophene rings is 1. The van der Waals surface area contributed by atoms with Crippen molar-refractivity contribution in [2.75, 3.05) is 5.73 Å². The van der Waals surface area contributed by atoms with E-state index in [0.717, 1.165) is 16.0 Å². The van der Waals surface area contributed by atoms with Crippen LogP contribution in [0.15, 0.2) is 60.7 Å². The molecule has 0 fully saturated rings. The highest BCUT2D eigenvalue weighted by molar-refractivity contribution is 7.19. The van der Waals surface area contributed by atoms with Crippen LogP contribution in [0.25, 0.3) is 10.4 Å². The second kappa shape index (κ2) is 5.54. The summed E-state index contributed by atoms with van der Waals surface area (Å²) < 4.78 is 0. The van der Waals surface area contributed by atoms with E-state index in [0.29, 0.717) is 16.1 Å². The van der Waals surface area contributed by atoms with Gasteiger partial charge in [-0.25, -0.2) is 0 Å². The summed E-state index contributed by atoms with van der Waals surface area (Å²) in [6.45, 7) is 2.00. The van der Waals surface area contributed by atoms with Crippen LogP contribution >= 0.6 is 11.3 Å². The quantitative estimate of drug-likeness (QED) is 0.721. The maximum absolute atomic E-state index is 12.5. The molecule has 0 aliphatic carbocycles. The Balaban J connectivity index is 1.98. The fraction of sp³-hybridized carbons (Fsp3) is 0.0556. The molecular weight excluding hydrogens is 278 g/mol. The molecule has 1 heterocycles. The largest absolute Gasteiger partial charge is 0.390 e. The molecule has 3 heteroatoms. The van der Waals surface area contributed by atoms with Crippen LogP contribution in [0.1, 0.15) is 21.5 Å². The number of anilines is 1. The molecule has 0 saturated heterocycles. The maximum atomic E-state index is 12.5. The van der Waals surface area contributed by atoms with E-state index in [1.165, 1.54) is 11.3 Å². The highest BCUT2D eigenvalue weighted by Gasteiger charge is 2.16. The molecule has 0 spiro atoms. The summed E-state index contributed by atoms with van der Waals surface area (Å²) >= 11 is 1.45. The van der Waals surface area contributed by atoms with Gasteiger partial charge in [0.15, 0.2) is 5.78 Å². The Morgan fingerprint density at radius 3 is 2.33 bits per heavy atom. The Morgan fingerprint density at radius 2 is 1.67 bits per heavy atom. The lowest BCUT2D eigenvalue weighted by atomic mass is 10.0. The van der Waals surface area contributed by atoms with Crippen LogP contribution in [-0.2, 0) is 0 Å². The first-order chi connectivity index (χ1) is 10.1. The van der Waals surface area contributed by atoms with Crippen LogP contribution < -0.4 is 5.73 Å². The molecule has 0 saturated carbocycles. The highest BCUT2D eigenvalue weighted by Crippen LogP contribution is 2.34. The van der Waals surface area contributed by atoms with Crippen molar-refractivity contribution in [2.45, 2.75) is 6.92 Å². The smallest absolute Gasteiger partial charge is 0.195 e. The second-order valence-corrected chi connectivity index (χ2v) is 6.03. The van der Waals surface area contributed by atoms with E-state index >= 15 is 0 Å². The fourth-order valence-electron chi connectivity index (χ4n) is 2.19. The van der Waals surface area contributed by atoms with Gasteiger partial charge in [-0.2, -0.15) is 0 Å². The molecule has 0 bridgehead atoms. The van der Waals surface area contributed by atoms with Crippen molar-refractivity contribution in [1.82, 2.24) is 0 Å². The lowest BCUT2D eigenvalue weighted by Gasteiger charge is -2.00. The third-order valence-corrected chi connectivity index (χ3v) is 4.39. The number of hydrogen-bond donors (Lipinski definition) is 1. The first-order valence-electron chi connectivity index (χ1n) is 6.71. The minimum atomic E-state index is -0.0223. The number of aryl methyl sites for hydroxylation is 1. The molecule has 0 unspecified atom stereocenters. The van der Waals surface area contributed by atoms with E-state index in [1.54, 1.807) is 0 Å². The van der Waals surface area contributed by atoms with Crippen molar-refractivity contribution in [1.29, 1.82) is 0 Å². The minimum absolute atomic E-state index is 0.0223. The van der Waals surface area contributed by atoms with E-state index in [4.69, 9.17) is 5.73 Å². The third-order valence-electron chi connectivity index (χ3n) is 3.38. The molecule has 0 amide bonds. The summed E-state index contributed by atoms with van der Waals surface area (Å²) in [4.78, 5) is 13.6. The molecule has 1 aromatic heterocycles. The Morgan fingerprint density at radius 1 is 1.00 bits per heavy atom. The van der Waals surface area contributed by atoms with Gasteiger partial charge in [0.25, 0.3) is 0 Å². The summed E-state index contributed by atoms with van der Waals surface area (Å²) in [5.74, 6) is -0.0223. The molecule has 21 heavy (non-hydrogen) atoms. The van der Waals surface area contributed by atoms with E-state index in [9.17, 15) is 4.79 Å². The summed E-state index contributed by atoms with van der Waals surface area (Å²) in [6, 6.07) is 19.4. The summed E-state index contributed by atoms with van der Waals surface area (Å²) in [7, 11) is 0. The van der Waals surface area contributed by atoms with Crippen LogP contribution in [0.4, 0.5) is 5.00 Å². The zero-order chi connectivity index (χ0) is 14.8. The van der Waals surface area contributed by atoms with Gasteiger partial charge in [-0.15, -0.1) is 11.3 Å². The Bertz CT molecular complexity index is 773. The lowest BCUT2D eigenvalue weighted by molar-refractivity contribution is 0.104. The van der Waals surface area contributed by atoms with E-state index in [2.05, 4.69) is 0 Å². The number of nitrogens with two attached hydrogens (primary N) is 1. The molecule has 0 atom stereocenters. The third kappa shape index (κ3) is 2.73. The van der Waals surface area contributed by atoms with Crippen molar-refractivity contribution < 1.29 is 4.79 Å². The molecule has 2 N–H and O–H groups in total. The molecule has 0 radical (unpaired) electrons. The molecule has 104 valence electrons. The summed E-state index contributed by atoms with van der Waals surface area (Å²) in [5.41, 5.74) is 9.52. The van der Waals surface area contributed by atoms with Gasteiger partial charge in [-0.3, -0.25) is 4.79 Å². The summed E-state index contributed by atoms with van der Waals surface area (Å²) in [5, 5.41) is 0.569. The first kappa shape index (κ1) is 13.6. The van der Waals surface area contributed by atoms with Gasteiger partial charge in [-0.05, 0) is 18.6 Å². The van der Waals surface area contributed by atoms with Crippen LogP contribution in [0, 0.1) is 6.92 Å². The number of benzene rings is 2. The van der Waals surface area contributed by atoms with Gasteiger partial charge in [0.1, 0.15) is 0 Å². The topological polar surface area (TPSA) is 43.1 Å². The normalized spacial score (nSPS) is 10.5. The number of nitrogen functional groups attached to an aromatic ring is 1. The van der Waals surface area contributed by atoms with Crippen LogP contribution in [0.3, 0.4) is 0 Å². The van der Waals surface area contributed by atoms with Gasteiger partial charge in [0, 0.05) is 10.4 Å². The van der Waals surface area contributed by atoms with Crippen LogP contribution in [-0.4, -0.2) is 5.78 Å². The van der Waals surface area contributed by atoms with Crippen molar-refractivity contribution in [3.8, 4) is 10.4 Å². The molecule has 3 rings (SSSR count). The van der Waals surface area contributed by atoms with Gasteiger partial charge in [-0.1, -0.05) is 60.2 Å². The summed E-state index contributed by atoms with van der Waals surface area (Å²) in [6.07, 6.45) is 0. The van der Waals surface area contributed by atoms with E-state index in [-0.39, 0.29) is 5.78 Å². The zero-order valence-corrected chi connectivity index (χ0v) is 12.5. The highest BCUT2D eigenvalue weighted by atomic mass is 32.1. The predicted molar refractivity (Wildman–Crippen MR) is 88.8 cm³/mol. The number of ketones is 1. The molecule has 2 aromatic carbocycles. The molecule has 3 aromatic rings. The minimum Gasteiger partial charge on any atom is -0.390 e. The SMILES string of the molecule is Cc1ccc(C(=O)c2cc(-c3ccccc3)sc2N)cc1. The molecule has 0 aliphatic heterocycles. The molecule has 2 nitrogen and oxygen atoms in total. The van der Waals surface area contributed by atoms with Crippen LogP contribution in [0.2, 0.25) is 0 Å². The first-order valence-corrected chi connectivity index (χ1v) is 7.53. The van der Waals surface area contributed by atoms with Crippen molar-refractivity contribution in [3.63, 3.8) is 0 Å². The van der Waals surface area contributed by atoms with E-state index < -0.39 is 0 Å². The number of carbonyl (C=O) groups excluding carboxylic acids is 1. The van der Waals surface area contributed by atoms with Crippen molar-refractivity contribution in [3.05, 3.63) is 77.4 Å². The predicted octanol–water partition coefficient (Wildman–Crippen LogP) is 4.54. The lowest BCUT2D eigenvalue weighted by Crippen LogP contribution is -2.02. The average molecular weight is 293 g/mol. The van der Waals surface area contributed by atoms with Crippen molar-refractivity contribution >= 4 is 22.1 Å². The van der Waals surface area contributed by atoms with Gasteiger partial charge < -0.3 is 5.73 Å². The number of rotatable bonds is 3. The van der Waals surface area contributed by atoms with Crippen LogP contribution in [0.5, 0.6) is 0 Å².